The summed E-state index contributed by atoms with van der Waals surface area (Å²) in [5.41, 5.74) is 10.0. The van der Waals surface area contributed by atoms with Gasteiger partial charge in [0.1, 0.15) is 0 Å². The van der Waals surface area contributed by atoms with Crippen LogP contribution in [0.3, 0.4) is 0 Å². The van der Waals surface area contributed by atoms with E-state index in [-0.39, 0.29) is 23.4 Å². The van der Waals surface area contributed by atoms with Crippen LogP contribution in [0.1, 0.15) is 54.1 Å². The Hall–Kier alpha value is -3.73. The van der Waals surface area contributed by atoms with Crippen LogP contribution in [0.5, 0.6) is 11.8 Å². The third kappa shape index (κ3) is 5.42. The van der Waals surface area contributed by atoms with Gasteiger partial charge in [-0.3, -0.25) is 14.6 Å². The third-order valence-corrected chi connectivity index (χ3v) is 13.0. The molecular formula is C41H43Cl2N5O4. The molecule has 2 atom stereocenters. The molecule has 3 saturated heterocycles. The van der Waals surface area contributed by atoms with E-state index in [4.69, 9.17) is 47.4 Å². The maximum absolute atomic E-state index is 11.8. The lowest BCUT2D eigenvalue weighted by atomic mass is 9.72. The van der Waals surface area contributed by atoms with E-state index in [0.717, 1.165) is 98.6 Å². The van der Waals surface area contributed by atoms with Gasteiger partial charge in [-0.05, 0) is 48.9 Å². The molecule has 3 aliphatic heterocycles. The van der Waals surface area contributed by atoms with Crippen molar-refractivity contribution >= 4 is 29.1 Å². The number of aromatic nitrogens is 2. The Labute approximate surface area is 314 Å². The van der Waals surface area contributed by atoms with Gasteiger partial charge in [0.25, 0.3) is 0 Å². The molecule has 0 radical (unpaired) electrons. The van der Waals surface area contributed by atoms with Crippen molar-refractivity contribution in [3.63, 3.8) is 0 Å². The lowest BCUT2D eigenvalue weighted by Crippen LogP contribution is -2.72. The second-order valence-corrected chi connectivity index (χ2v) is 16.0. The molecule has 11 heteroatoms. The van der Waals surface area contributed by atoms with Gasteiger partial charge >= 0.3 is 0 Å². The van der Waals surface area contributed by atoms with E-state index >= 15 is 0 Å². The lowest BCUT2D eigenvalue weighted by molar-refractivity contribution is -0.161. The van der Waals surface area contributed by atoms with E-state index in [2.05, 4.69) is 21.9 Å². The van der Waals surface area contributed by atoms with Crippen LogP contribution in [0.15, 0.2) is 48.5 Å². The van der Waals surface area contributed by atoms with Crippen LogP contribution < -0.4 is 9.47 Å². The molecule has 2 aromatic heterocycles. The number of ether oxygens (including phenoxy) is 3. The topological polar surface area (TPSA) is 80.3 Å². The Morgan fingerprint density at radius 3 is 1.67 bits per heavy atom. The van der Waals surface area contributed by atoms with Crippen molar-refractivity contribution in [3.8, 4) is 45.4 Å². The lowest BCUT2D eigenvalue weighted by Gasteiger charge is -2.61. The predicted molar refractivity (Wildman–Crippen MR) is 202 cm³/mol. The molecule has 1 amide bonds. The number of rotatable bonds is 8. The fourth-order valence-corrected chi connectivity index (χ4v) is 10.1. The molecule has 270 valence electrons. The van der Waals surface area contributed by atoms with Crippen LogP contribution in [-0.4, -0.2) is 97.3 Å². The molecule has 1 spiro atoms. The number of benzene rings is 2. The SMILES string of the molecule is COc1nc(-c2cccc(-c3cccc(-c4cc5c(c(OC)n4)[C@@H](N4CC6(CN(C(C)=O)C6)C4)CC5)c3Cl)c2Cl)cc2c1[C@H](N1CC(OC)C1)CC2. The largest absolute Gasteiger partial charge is 0.481 e. The van der Waals surface area contributed by atoms with Gasteiger partial charge in [0.05, 0.1) is 41.8 Å². The second kappa shape index (κ2) is 13.0. The van der Waals surface area contributed by atoms with Gasteiger partial charge in [-0.2, -0.15) is 0 Å². The zero-order valence-electron chi connectivity index (χ0n) is 30.0. The highest BCUT2D eigenvalue weighted by Crippen LogP contribution is 2.51. The molecule has 52 heavy (non-hydrogen) atoms. The Kier molecular flexibility index (Phi) is 8.51. The van der Waals surface area contributed by atoms with Crippen LogP contribution in [-0.2, 0) is 22.4 Å². The van der Waals surface area contributed by atoms with Crippen molar-refractivity contribution in [1.82, 2.24) is 24.7 Å². The number of aryl methyl sites for hydroxylation is 2. The van der Waals surface area contributed by atoms with Crippen molar-refractivity contribution in [3.05, 3.63) is 80.8 Å². The van der Waals surface area contributed by atoms with Crippen molar-refractivity contribution in [1.29, 1.82) is 0 Å². The van der Waals surface area contributed by atoms with Crippen LogP contribution in [0.25, 0.3) is 33.6 Å². The predicted octanol–water partition coefficient (Wildman–Crippen LogP) is 7.27. The summed E-state index contributed by atoms with van der Waals surface area (Å²) in [5.74, 6) is 1.48. The van der Waals surface area contributed by atoms with Crippen molar-refractivity contribution in [2.45, 2.75) is 50.8 Å². The summed E-state index contributed by atoms with van der Waals surface area (Å²) in [4.78, 5) is 28.8. The van der Waals surface area contributed by atoms with E-state index in [1.807, 2.05) is 41.3 Å². The second-order valence-electron chi connectivity index (χ2n) is 15.2. The van der Waals surface area contributed by atoms with E-state index < -0.39 is 0 Å². The number of methoxy groups -OCH3 is 3. The Bertz CT molecular complexity index is 2090. The van der Waals surface area contributed by atoms with Crippen molar-refractivity contribution < 1.29 is 19.0 Å². The summed E-state index contributed by atoms with van der Waals surface area (Å²) in [5, 5.41) is 1.17. The monoisotopic (exact) mass is 739 g/mol. The highest BCUT2D eigenvalue weighted by atomic mass is 35.5. The number of amides is 1. The maximum atomic E-state index is 11.8. The highest BCUT2D eigenvalue weighted by molar-refractivity contribution is 6.39. The number of nitrogens with zero attached hydrogens (tertiary/aromatic N) is 5. The Morgan fingerprint density at radius 2 is 1.21 bits per heavy atom. The summed E-state index contributed by atoms with van der Waals surface area (Å²) >= 11 is 14.5. The van der Waals surface area contributed by atoms with Gasteiger partial charge in [0.15, 0.2) is 0 Å². The van der Waals surface area contributed by atoms with Gasteiger partial charge in [0, 0.05) is 104 Å². The first-order valence-electron chi connectivity index (χ1n) is 18.2. The number of hydrogen-bond donors (Lipinski definition) is 0. The summed E-state index contributed by atoms with van der Waals surface area (Å²) in [6.07, 6.45) is 4.26. The summed E-state index contributed by atoms with van der Waals surface area (Å²) < 4.78 is 17.4. The molecule has 2 aromatic carbocycles. The third-order valence-electron chi connectivity index (χ3n) is 12.2. The molecule has 5 aliphatic rings. The maximum Gasteiger partial charge on any atom is 0.219 e. The normalized spacial score (nSPS) is 22.1. The number of carbonyl (C=O) groups excluding carboxylic acids is 1. The highest BCUT2D eigenvalue weighted by Gasteiger charge is 2.55. The Morgan fingerprint density at radius 1 is 0.731 bits per heavy atom. The molecule has 0 N–H and O–H groups in total. The zero-order valence-corrected chi connectivity index (χ0v) is 31.6. The van der Waals surface area contributed by atoms with Gasteiger partial charge in [-0.1, -0.05) is 59.6 Å². The molecule has 3 fully saturated rings. The summed E-state index contributed by atoms with van der Waals surface area (Å²) in [7, 11) is 5.17. The number of carbonyl (C=O) groups is 1. The average molecular weight is 741 g/mol. The van der Waals surface area contributed by atoms with Gasteiger partial charge in [0.2, 0.25) is 17.7 Å². The minimum absolute atomic E-state index is 0.167. The molecule has 2 aliphatic carbocycles. The fourth-order valence-electron chi connectivity index (χ4n) is 9.45. The number of likely N-dealkylation sites (tertiary alicyclic amines) is 3. The average Bonchev–Trinajstić information content (AvgIpc) is 3.71. The Balaban J connectivity index is 1.00. The van der Waals surface area contributed by atoms with E-state index in [1.165, 1.54) is 22.3 Å². The number of halogens is 2. The molecule has 4 aromatic rings. The van der Waals surface area contributed by atoms with Crippen molar-refractivity contribution in [2.24, 2.45) is 5.41 Å². The van der Waals surface area contributed by atoms with Crippen LogP contribution in [0, 0.1) is 5.41 Å². The van der Waals surface area contributed by atoms with E-state index in [9.17, 15) is 4.79 Å². The molecule has 9 rings (SSSR count). The van der Waals surface area contributed by atoms with Crippen LogP contribution >= 0.6 is 23.2 Å². The minimum atomic E-state index is 0.167. The molecule has 9 nitrogen and oxygen atoms in total. The van der Waals surface area contributed by atoms with Gasteiger partial charge in [-0.15, -0.1) is 0 Å². The number of hydrogen-bond acceptors (Lipinski definition) is 8. The standard InChI is InChI=1S/C41H43Cl2N5O4/c1-23(49)47-19-41(20-47)21-48(22-41)34-14-12-25-16-32(45-40(52-4)36(25)34)30-10-6-8-28(38(30)43)27-7-5-9-29(37(27)42)31-15-24-11-13-33(35(24)39(44-31)51-3)46-17-26(18-46)50-2/h5-10,15-16,26,33-34H,11-14,17-22H2,1-4H3/t33-,34+/m1/s1. The minimum Gasteiger partial charge on any atom is -0.481 e. The molecular weight excluding hydrogens is 697 g/mol. The summed E-state index contributed by atoms with van der Waals surface area (Å²) in [6, 6.07) is 17.0. The molecule has 0 saturated carbocycles. The smallest absolute Gasteiger partial charge is 0.219 e. The van der Waals surface area contributed by atoms with E-state index in [1.54, 1.807) is 28.3 Å². The van der Waals surface area contributed by atoms with Gasteiger partial charge < -0.3 is 19.1 Å². The van der Waals surface area contributed by atoms with Crippen molar-refractivity contribution in [2.75, 3.05) is 60.6 Å². The number of fused-ring (bicyclic) bond motifs is 2. The van der Waals surface area contributed by atoms with Gasteiger partial charge in [-0.25, -0.2) is 9.97 Å². The fraction of sp³-hybridized carbons (Fsp3) is 0.439. The first kappa shape index (κ1) is 34.1. The number of pyridine rings is 2. The van der Waals surface area contributed by atoms with Crippen LogP contribution in [0.4, 0.5) is 0 Å². The first-order chi connectivity index (χ1) is 25.2. The molecule has 0 bridgehead atoms. The van der Waals surface area contributed by atoms with Crippen LogP contribution in [0.2, 0.25) is 10.0 Å². The summed E-state index contributed by atoms with van der Waals surface area (Å²) in [6.45, 7) is 7.24. The molecule has 5 heterocycles. The quantitative estimate of drug-likeness (QED) is 0.187. The molecule has 0 unspecified atom stereocenters. The first-order valence-corrected chi connectivity index (χ1v) is 19.0. The zero-order chi connectivity index (χ0) is 35.9. The van der Waals surface area contributed by atoms with E-state index in [0.29, 0.717) is 27.9 Å².